The van der Waals surface area contributed by atoms with Crippen LogP contribution in [0.15, 0.2) is 72.8 Å². The second-order valence-electron chi connectivity index (χ2n) is 7.79. The first-order valence-electron chi connectivity index (χ1n) is 11.0. The Hall–Kier alpha value is -4.51. The fraction of sp³-hybridized carbons (Fsp3) is 0.120. The van der Waals surface area contributed by atoms with Gasteiger partial charge in [0.25, 0.3) is 0 Å². The molecule has 0 spiro atoms. The molecule has 36 heavy (non-hydrogen) atoms. The van der Waals surface area contributed by atoms with Gasteiger partial charge in [-0.1, -0.05) is 53.8 Å². The van der Waals surface area contributed by atoms with Crippen molar-refractivity contribution < 1.29 is 23.5 Å². The lowest BCUT2D eigenvalue weighted by Gasteiger charge is -2.18. The third kappa shape index (κ3) is 5.41. The summed E-state index contributed by atoms with van der Waals surface area (Å²) >= 11 is 1.18. The van der Waals surface area contributed by atoms with E-state index < -0.39 is 23.8 Å². The van der Waals surface area contributed by atoms with Gasteiger partial charge in [0.2, 0.25) is 17.8 Å². The number of halogens is 1. The van der Waals surface area contributed by atoms with E-state index >= 15 is 0 Å². The largest absolute Gasteiger partial charge is 0.454 e. The summed E-state index contributed by atoms with van der Waals surface area (Å²) in [7, 11) is 0. The van der Waals surface area contributed by atoms with Crippen LogP contribution in [0.1, 0.15) is 5.56 Å². The van der Waals surface area contributed by atoms with Crippen LogP contribution < -0.4 is 25.4 Å². The number of nitrogens with zero attached hydrogens (tertiary/aromatic N) is 2. The number of aromatic nitrogens is 2. The van der Waals surface area contributed by atoms with Gasteiger partial charge < -0.3 is 20.1 Å². The average Bonchev–Trinajstić information content (AvgIpc) is 3.55. The molecule has 1 aliphatic heterocycles. The summed E-state index contributed by atoms with van der Waals surface area (Å²) in [6, 6.07) is 18.7. The molecule has 0 bridgehead atoms. The van der Waals surface area contributed by atoms with Crippen LogP contribution in [0.25, 0.3) is 10.6 Å². The van der Waals surface area contributed by atoms with Gasteiger partial charge in [-0.3, -0.25) is 10.1 Å². The van der Waals surface area contributed by atoms with E-state index in [1.54, 1.807) is 18.2 Å². The molecule has 11 heteroatoms. The first-order chi connectivity index (χ1) is 17.5. The van der Waals surface area contributed by atoms with Crippen molar-refractivity contribution in [3.63, 3.8) is 0 Å². The molecule has 5 rings (SSSR count). The van der Waals surface area contributed by atoms with Gasteiger partial charge in [-0.15, -0.1) is 10.2 Å². The zero-order valence-corrected chi connectivity index (χ0v) is 19.5. The first kappa shape index (κ1) is 23.2. The highest BCUT2D eigenvalue weighted by Crippen LogP contribution is 2.37. The van der Waals surface area contributed by atoms with Gasteiger partial charge in [-0.2, -0.15) is 0 Å². The van der Waals surface area contributed by atoms with Crippen LogP contribution in [-0.4, -0.2) is 35.0 Å². The van der Waals surface area contributed by atoms with Crippen molar-refractivity contribution in [3.05, 3.63) is 84.2 Å². The Morgan fingerprint density at radius 3 is 2.56 bits per heavy atom. The number of ether oxygens (including phenoxy) is 2. The maximum Gasteiger partial charge on any atom is 0.319 e. The summed E-state index contributed by atoms with van der Waals surface area (Å²) in [4.78, 5) is 25.7. The third-order valence-electron chi connectivity index (χ3n) is 5.30. The van der Waals surface area contributed by atoms with E-state index in [4.69, 9.17) is 9.47 Å². The van der Waals surface area contributed by atoms with Gasteiger partial charge in [-0.05, 0) is 35.9 Å². The summed E-state index contributed by atoms with van der Waals surface area (Å²) in [6.45, 7) is 0.163. The molecule has 3 N–H and O–H groups in total. The second kappa shape index (κ2) is 10.4. The van der Waals surface area contributed by atoms with E-state index in [-0.39, 0.29) is 24.0 Å². The number of para-hydroxylation sites is 1. The highest BCUT2D eigenvalue weighted by atomic mass is 32.1. The number of fused-ring (bicyclic) bond motifs is 1. The van der Waals surface area contributed by atoms with Crippen LogP contribution in [0.5, 0.6) is 11.5 Å². The number of benzene rings is 3. The molecule has 9 nitrogen and oxygen atoms in total. The molecule has 2 heterocycles. The fourth-order valence-electron chi connectivity index (χ4n) is 3.55. The average molecular weight is 506 g/mol. The number of nitrogens with one attached hydrogen (secondary N) is 3. The van der Waals surface area contributed by atoms with Crippen LogP contribution in [0, 0.1) is 5.82 Å². The number of hydrogen-bond donors (Lipinski definition) is 3. The molecule has 1 aliphatic rings. The number of carbonyl (C=O) groups excluding carboxylic acids is 2. The molecule has 0 aliphatic carbocycles. The number of rotatable bonds is 7. The normalized spacial score (nSPS) is 12.6. The molecule has 3 aromatic carbocycles. The molecule has 1 unspecified atom stereocenters. The summed E-state index contributed by atoms with van der Waals surface area (Å²) < 4.78 is 24.7. The topological polar surface area (TPSA) is 114 Å². The lowest BCUT2D eigenvalue weighted by molar-refractivity contribution is -0.117. The summed E-state index contributed by atoms with van der Waals surface area (Å²) in [5.74, 6) is 0.194. The van der Waals surface area contributed by atoms with Crippen LogP contribution >= 0.6 is 11.3 Å². The Labute approximate surface area is 209 Å². The molecule has 0 fully saturated rings. The van der Waals surface area contributed by atoms with E-state index in [9.17, 15) is 14.0 Å². The van der Waals surface area contributed by atoms with Gasteiger partial charge >= 0.3 is 6.03 Å². The minimum absolute atomic E-state index is 0.00589. The third-order valence-corrected chi connectivity index (χ3v) is 6.19. The Morgan fingerprint density at radius 1 is 0.944 bits per heavy atom. The van der Waals surface area contributed by atoms with Crippen molar-refractivity contribution in [2.24, 2.45) is 0 Å². The summed E-state index contributed by atoms with van der Waals surface area (Å²) in [5.41, 5.74) is 1.61. The van der Waals surface area contributed by atoms with E-state index in [2.05, 4.69) is 26.1 Å². The highest BCUT2D eigenvalue weighted by molar-refractivity contribution is 7.18. The Bertz CT molecular complexity index is 1400. The van der Waals surface area contributed by atoms with Crippen LogP contribution in [0.2, 0.25) is 0 Å². The summed E-state index contributed by atoms with van der Waals surface area (Å²) in [6.07, 6.45) is 0.213. The monoisotopic (exact) mass is 505 g/mol. The number of anilines is 2. The predicted molar refractivity (Wildman–Crippen MR) is 133 cm³/mol. The van der Waals surface area contributed by atoms with Gasteiger partial charge in [0.1, 0.15) is 16.9 Å². The molecular weight excluding hydrogens is 485 g/mol. The van der Waals surface area contributed by atoms with Crippen molar-refractivity contribution in [1.29, 1.82) is 0 Å². The lowest BCUT2D eigenvalue weighted by Crippen LogP contribution is -2.47. The molecule has 0 saturated carbocycles. The van der Waals surface area contributed by atoms with Crippen LogP contribution in [-0.2, 0) is 11.2 Å². The van der Waals surface area contributed by atoms with Crippen molar-refractivity contribution in [2.75, 3.05) is 17.4 Å². The van der Waals surface area contributed by atoms with Crippen molar-refractivity contribution >= 4 is 34.1 Å². The van der Waals surface area contributed by atoms with Crippen LogP contribution in [0.3, 0.4) is 0 Å². The number of amides is 3. The van der Waals surface area contributed by atoms with E-state index in [0.29, 0.717) is 16.5 Å². The van der Waals surface area contributed by atoms with Gasteiger partial charge in [0, 0.05) is 12.0 Å². The Balaban J connectivity index is 1.30. The zero-order valence-electron chi connectivity index (χ0n) is 18.7. The van der Waals surface area contributed by atoms with Gasteiger partial charge in [-0.25, -0.2) is 9.18 Å². The molecule has 3 amide bonds. The number of carbonyl (C=O) groups is 2. The SMILES string of the molecule is O=C(Nc1ccccc1F)NC(Cc1ccccc1)C(=O)Nc1nnc(-c2ccc3c(c2)OCO3)s1. The first-order valence-corrected chi connectivity index (χ1v) is 11.8. The highest BCUT2D eigenvalue weighted by Gasteiger charge is 2.24. The van der Waals surface area contributed by atoms with Crippen LogP contribution in [0.4, 0.5) is 20.0 Å². The summed E-state index contributed by atoms with van der Waals surface area (Å²) in [5, 5.41) is 16.8. The molecule has 0 radical (unpaired) electrons. The second-order valence-corrected chi connectivity index (χ2v) is 8.77. The molecule has 4 aromatic rings. The maximum absolute atomic E-state index is 13.9. The zero-order chi connectivity index (χ0) is 24.9. The minimum Gasteiger partial charge on any atom is -0.454 e. The number of hydrogen-bond acceptors (Lipinski definition) is 7. The van der Waals surface area contributed by atoms with Gasteiger partial charge in [0.05, 0.1) is 5.69 Å². The lowest BCUT2D eigenvalue weighted by atomic mass is 10.1. The van der Waals surface area contributed by atoms with Crippen molar-refractivity contribution in [3.8, 4) is 22.1 Å². The fourth-order valence-corrected chi connectivity index (χ4v) is 4.29. The smallest absolute Gasteiger partial charge is 0.319 e. The molecule has 1 atom stereocenters. The molecule has 0 saturated heterocycles. The van der Waals surface area contributed by atoms with E-state index in [1.807, 2.05) is 36.4 Å². The molecule has 182 valence electrons. The van der Waals surface area contributed by atoms with Crippen molar-refractivity contribution in [2.45, 2.75) is 12.5 Å². The Morgan fingerprint density at radius 2 is 1.72 bits per heavy atom. The minimum atomic E-state index is -0.961. The molecular formula is C25H20FN5O4S. The standard InChI is InChI=1S/C25H20FN5O4S/c26-17-8-4-5-9-18(17)27-24(33)28-19(12-15-6-2-1-3-7-15)22(32)29-25-31-30-23(36-25)16-10-11-20-21(13-16)35-14-34-20/h1-11,13,19H,12,14H2,(H2,27,28,33)(H,29,31,32). The number of urea groups is 1. The maximum atomic E-state index is 13.9. The Kier molecular flexibility index (Phi) is 6.72. The quantitative estimate of drug-likeness (QED) is 0.342. The van der Waals surface area contributed by atoms with E-state index in [0.717, 1.165) is 11.1 Å². The molecule has 1 aromatic heterocycles. The van der Waals surface area contributed by atoms with Crippen molar-refractivity contribution in [1.82, 2.24) is 15.5 Å². The van der Waals surface area contributed by atoms with E-state index in [1.165, 1.54) is 29.5 Å². The van der Waals surface area contributed by atoms with Gasteiger partial charge in [0.15, 0.2) is 11.5 Å². The predicted octanol–water partition coefficient (Wildman–Crippen LogP) is 4.44.